The van der Waals surface area contributed by atoms with Gasteiger partial charge in [-0.05, 0) is 33.4 Å². The Bertz CT molecular complexity index is 195. The average molecular weight is 197 g/mol. The third-order valence-corrected chi connectivity index (χ3v) is 1.97. The highest BCUT2D eigenvalue weighted by Crippen LogP contribution is 1.97. The molecule has 0 rings (SSSR count). The Morgan fingerprint density at radius 1 is 1.29 bits per heavy atom. The first-order valence-electron chi connectivity index (χ1n) is 5.44. The van der Waals surface area contributed by atoms with Crippen molar-refractivity contribution in [3.63, 3.8) is 0 Å². The van der Waals surface area contributed by atoms with Crippen LogP contribution < -0.4 is 0 Å². The standard InChI is InChI=1S/C12H23NO/c1-5-7-10-13(6-2)11-8-9-12(3,4)14/h14H,5-7,10-11H2,1-4H3. The fourth-order valence-electron chi connectivity index (χ4n) is 1.10. The highest BCUT2D eigenvalue weighted by molar-refractivity contribution is 5.11. The Balaban J connectivity index is 3.86. The SMILES string of the molecule is CCCCN(CC)CC#CC(C)(C)O. The number of hydrogen-bond acceptors (Lipinski definition) is 2. The molecule has 0 atom stereocenters. The van der Waals surface area contributed by atoms with Crippen molar-refractivity contribution in [1.82, 2.24) is 4.90 Å². The lowest BCUT2D eigenvalue weighted by molar-refractivity contribution is 0.143. The topological polar surface area (TPSA) is 23.5 Å². The summed E-state index contributed by atoms with van der Waals surface area (Å²) in [5, 5.41) is 9.39. The molecule has 0 spiro atoms. The van der Waals surface area contributed by atoms with Crippen LogP contribution in [-0.2, 0) is 0 Å². The zero-order chi connectivity index (χ0) is 11.0. The van der Waals surface area contributed by atoms with Gasteiger partial charge in [-0.25, -0.2) is 0 Å². The zero-order valence-electron chi connectivity index (χ0n) is 9.93. The minimum atomic E-state index is -0.857. The van der Waals surface area contributed by atoms with Crippen molar-refractivity contribution < 1.29 is 5.11 Å². The molecule has 0 saturated heterocycles. The second-order valence-electron chi connectivity index (χ2n) is 4.08. The van der Waals surface area contributed by atoms with Crippen molar-refractivity contribution in [3.05, 3.63) is 0 Å². The van der Waals surface area contributed by atoms with Crippen molar-refractivity contribution in [1.29, 1.82) is 0 Å². The maximum atomic E-state index is 9.39. The van der Waals surface area contributed by atoms with E-state index in [2.05, 4.69) is 30.6 Å². The first-order chi connectivity index (χ1) is 6.49. The van der Waals surface area contributed by atoms with Gasteiger partial charge in [0.2, 0.25) is 0 Å². The third-order valence-electron chi connectivity index (χ3n) is 1.97. The second kappa shape index (κ2) is 6.86. The zero-order valence-corrected chi connectivity index (χ0v) is 9.93. The summed E-state index contributed by atoms with van der Waals surface area (Å²) < 4.78 is 0. The predicted octanol–water partition coefficient (Wildman–Crippen LogP) is 1.88. The summed E-state index contributed by atoms with van der Waals surface area (Å²) >= 11 is 0. The van der Waals surface area contributed by atoms with Crippen LogP contribution in [0.25, 0.3) is 0 Å². The number of rotatable bonds is 5. The van der Waals surface area contributed by atoms with E-state index < -0.39 is 5.60 Å². The van der Waals surface area contributed by atoms with E-state index >= 15 is 0 Å². The average Bonchev–Trinajstić information content (AvgIpc) is 2.09. The number of hydrogen-bond donors (Lipinski definition) is 1. The normalized spacial score (nSPS) is 11.3. The summed E-state index contributed by atoms with van der Waals surface area (Å²) in [5.74, 6) is 5.84. The van der Waals surface area contributed by atoms with E-state index in [0.29, 0.717) is 0 Å². The second-order valence-corrected chi connectivity index (χ2v) is 4.08. The number of unbranched alkanes of at least 4 members (excludes halogenated alkanes) is 1. The minimum absolute atomic E-state index is 0.764. The Morgan fingerprint density at radius 2 is 1.93 bits per heavy atom. The fourth-order valence-corrected chi connectivity index (χ4v) is 1.10. The summed E-state index contributed by atoms with van der Waals surface area (Å²) in [6.45, 7) is 10.6. The van der Waals surface area contributed by atoms with Gasteiger partial charge in [-0.2, -0.15) is 0 Å². The summed E-state index contributed by atoms with van der Waals surface area (Å²) in [6.07, 6.45) is 2.44. The van der Waals surface area contributed by atoms with Gasteiger partial charge in [-0.15, -0.1) is 0 Å². The van der Waals surface area contributed by atoms with E-state index in [1.54, 1.807) is 13.8 Å². The molecule has 0 aromatic carbocycles. The van der Waals surface area contributed by atoms with Gasteiger partial charge in [0, 0.05) is 0 Å². The molecule has 0 aliphatic heterocycles. The molecular formula is C12H23NO. The molecule has 0 bridgehead atoms. The van der Waals surface area contributed by atoms with E-state index in [9.17, 15) is 5.11 Å². The van der Waals surface area contributed by atoms with Gasteiger partial charge < -0.3 is 5.11 Å². The van der Waals surface area contributed by atoms with E-state index in [1.165, 1.54) is 12.8 Å². The molecule has 0 saturated carbocycles. The third kappa shape index (κ3) is 8.10. The van der Waals surface area contributed by atoms with Gasteiger partial charge >= 0.3 is 0 Å². The summed E-state index contributed by atoms with van der Waals surface area (Å²) in [6, 6.07) is 0. The maximum absolute atomic E-state index is 9.39. The molecule has 0 amide bonds. The van der Waals surface area contributed by atoms with Crippen molar-refractivity contribution in [2.45, 2.75) is 46.1 Å². The molecule has 1 N–H and O–H groups in total. The fraction of sp³-hybridized carbons (Fsp3) is 0.833. The van der Waals surface area contributed by atoms with Crippen molar-refractivity contribution in [2.24, 2.45) is 0 Å². The molecule has 0 aliphatic rings. The summed E-state index contributed by atoms with van der Waals surface area (Å²) in [4.78, 5) is 2.29. The molecule has 2 nitrogen and oxygen atoms in total. The molecule has 0 unspecified atom stereocenters. The predicted molar refractivity (Wildman–Crippen MR) is 61.1 cm³/mol. The number of aliphatic hydroxyl groups is 1. The molecule has 0 aliphatic carbocycles. The largest absolute Gasteiger partial charge is 0.378 e. The molecule has 14 heavy (non-hydrogen) atoms. The molecular weight excluding hydrogens is 174 g/mol. The summed E-state index contributed by atoms with van der Waals surface area (Å²) in [7, 11) is 0. The lowest BCUT2D eigenvalue weighted by Gasteiger charge is -2.16. The molecule has 0 aromatic heterocycles. The van der Waals surface area contributed by atoms with Gasteiger partial charge in [-0.3, -0.25) is 4.90 Å². The van der Waals surface area contributed by atoms with Crippen LogP contribution in [0.1, 0.15) is 40.5 Å². The van der Waals surface area contributed by atoms with Crippen LogP contribution in [-0.4, -0.2) is 35.2 Å². The quantitative estimate of drug-likeness (QED) is 0.680. The molecule has 0 aromatic rings. The van der Waals surface area contributed by atoms with Crippen LogP contribution in [0, 0.1) is 11.8 Å². The van der Waals surface area contributed by atoms with Crippen LogP contribution in [0.15, 0.2) is 0 Å². The Labute approximate surface area is 88.3 Å². The van der Waals surface area contributed by atoms with Gasteiger partial charge in [0.15, 0.2) is 0 Å². The van der Waals surface area contributed by atoms with Crippen LogP contribution in [0.3, 0.4) is 0 Å². The van der Waals surface area contributed by atoms with Gasteiger partial charge in [0.1, 0.15) is 5.60 Å². The Hall–Kier alpha value is -0.520. The van der Waals surface area contributed by atoms with Crippen LogP contribution in [0.2, 0.25) is 0 Å². The van der Waals surface area contributed by atoms with E-state index in [0.717, 1.165) is 19.6 Å². The maximum Gasteiger partial charge on any atom is 0.120 e. The van der Waals surface area contributed by atoms with Crippen LogP contribution in [0.4, 0.5) is 0 Å². The van der Waals surface area contributed by atoms with Crippen LogP contribution >= 0.6 is 0 Å². The van der Waals surface area contributed by atoms with Crippen molar-refractivity contribution in [3.8, 4) is 11.8 Å². The molecule has 0 heterocycles. The van der Waals surface area contributed by atoms with Crippen molar-refractivity contribution >= 4 is 0 Å². The monoisotopic (exact) mass is 197 g/mol. The molecule has 82 valence electrons. The molecule has 2 heteroatoms. The van der Waals surface area contributed by atoms with Crippen molar-refractivity contribution in [2.75, 3.05) is 19.6 Å². The first kappa shape index (κ1) is 13.5. The van der Waals surface area contributed by atoms with E-state index in [1.807, 2.05) is 0 Å². The smallest absolute Gasteiger partial charge is 0.120 e. The summed E-state index contributed by atoms with van der Waals surface area (Å²) in [5.41, 5.74) is -0.857. The molecule has 0 fully saturated rings. The van der Waals surface area contributed by atoms with Gasteiger partial charge in [-0.1, -0.05) is 32.1 Å². The lowest BCUT2D eigenvalue weighted by Crippen LogP contribution is -2.25. The first-order valence-corrected chi connectivity index (χ1v) is 5.44. The highest BCUT2D eigenvalue weighted by atomic mass is 16.3. The highest BCUT2D eigenvalue weighted by Gasteiger charge is 2.05. The molecule has 0 radical (unpaired) electrons. The van der Waals surface area contributed by atoms with E-state index in [4.69, 9.17) is 0 Å². The van der Waals surface area contributed by atoms with Gasteiger partial charge in [0.25, 0.3) is 0 Å². The number of nitrogens with zero attached hydrogens (tertiary/aromatic N) is 1. The Morgan fingerprint density at radius 3 is 2.36 bits per heavy atom. The minimum Gasteiger partial charge on any atom is -0.378 e. The van der Waals surface area contributed by atoms with Gasteiger partial charge in [0.05, 0.1) is 6.54 Å². The Kier molecular flexibility index (Phi) is 6.61. The van der Waals surface area contributed by atoms with Crippen LogP contribution in [0.5, 0.6) is 0 Å². The lowest BCUT2D eigenvalue weighted by atomic mass is 10.1. The van der Waals surface area contributed by atoms with E-state index in [-0.39, 0.29) is 0 Å².